The Morgan fingerprint density at radius 3 is 2.14 bits per heavy atom. The van der Waals surface area contributed by atoms with Crippen molar-refractivity contribution in [3.63, 3.8) is 0 Å². The van der Waals surface area contributed by atoms with E-state index < -0.39 is 32.1 Å². The van der Waals surface area contributed by atoms with Crippen LogP contribution in [0.5, 0.6) is 0 Å². The van der Waals surface area contributed by atoms with Gasteiger partial charge in [0.1, 0.15) is 4.90 Å². The van der Waals surface area contributed by atoms with Crippen molar-refractivity contribution in [2.75, 3.05) is 19.3 Å². The highest BCUT2D eigenvalue weighted by molar-refractivity contribution is 7.91. The van der Waals surface area contributed by atoms with Gasteiger partial charge in [-0.05, 0) is 18.2 Å². The minimum absolute atomic E-state index is 0.127. The zero-order chi connectivity index (χ0) is 16.0. The van der Waals surface area contributed by atoms with E-state index in [1.807, 2.05) is 0 Å². The first kappa shape index (κ1) is 16.7. The molecule has 21 heavy (non-hydrogen) atoms. The lowest BCUT2D eigenvalue weighted by molar-refractivity contribution is 0.0572. The summed E-state index contributed by atoms with van der Waals surface area (Å²) < 4.78 is 48.8. The van der Waals surface area contributed by atoms with E-state index in [2.05, 4.69) is 0 Å². The van der Waals surface area contributed by atoms with Crippen molar-refractivity contribution in [2.45, 2.75) is 22.0 Å². The molecule has 0 bridgehead atoms. The molecule has 118 valence electrons. The topological polar surface area (TPSA) is 112 Å². The number of sulfone groups is 1. The second-order valence-corrected chi connectivity index (χ2v) is 9.15. The van der Waals surface area contributed by atoms with E-state index in [1.54, 1.807) is 0 Å². The molecule has 2 atom stereocenters. The van der Waals surface area contributed by atoms with Gasteiger partial charge in [0.2, 0.25) is 10.0 Å². The van der Waals surface area contributed by atoms with Crippen LogP contribution in [0, 0.1) is 0 Å². The van der Waals surface area contributed by atoms with Crippen molar-refractivity contribution in [1.29, 1.82) is 0 Å². The fourth-order valence-electron chi connectivity index (χ4n) is 1.98. The number of sulfonamides is 1. The van der Waals surface area contributed by atoms with Gasteiger partial charge in [-0.25, -0.2) is 16.8 Å². The summed E-state index contributed by atoms with van der Waals surface area (Å²) in [5, 5.41) is 18.8. The number of rotatable bonds is 3. The van der Waals surface area contributed by atoms with Gasteiger partial charge in [-0.1, -0.05) is 11.6 Å². The highest BCUT2D eigenvalue weighted by Gasteiger charge is 2.38. The Labute approximate surface area is 127 Å². The number of aliphatic hydroxyl groups excluding tert-OH is 2. The van der Waals surface area contributed by atoms with Crippen molar-refractivity contribution < 1.29 is 27.0 Å². The summed E-state index contributed by atoms with van der Waals surface area (Å²) in [4.78, 5) is -0.542. The Morgan fingerprint density at radius 2 is 1.67 bits per heavy atom. The van der Waals surface area contributed by atoms with Crippen LogP contribution in [0.4, 0.5) is 0 Å². The molecule has 10 heteroatoms. The molecule has 2 N–H and O–H groups in total. The second kappa shape index (κ2) is 5.49. The Balaban J connectivity index is 2.50. The molecule has 1 fully saturated rings. The first-order chi connectivity index (χ1) is 9.53. The molecule has 0 radical (unpaired) electrons. The fraction of sp³-hybridized carbons (Fsp3) is 0.455. The minimum atomic E-state index is -4.10. The van der Waals surface area contributed by atoms with Crippen molar-refractivity contribution in [2.24, 2.45) is 0 Å². The quantitative estimate of drug-likeness (QED) is 0.753. The van der Waals surface area contributed by atoms with Crippen molar-refractivity contribution in [1.82, 2.24) is 4.31 Å². The van der Waals surface area contributed by atoms with Gasteiger partial charge in [0.25, 0.3) is 0 Å². The lowest BCUT2D eigenvalue weighted by Crippen LogP contribution is -2.30. The molecule has 7 nitrogen and oxygen atoms in total. The van der Waals surface area contributed by atoms with Crippen LogP contribution in [0.25, 0.3) is 0 Å². The van der Waals surface area contributed by atoms with E-state index in [0.717, 1.165) is 16.6 Å². The fourth-order valence-corrected chi connectivity index (χ4v) is 4.68. The number of β-amino-alcohol motifs (C(OH)–C–C–N with tert-alkyl or cyclic N) is 2. The van der Waals surface area contributed by atoms with Crippen LogP contribution in [0.2, 0.25) is 5.02 Å². The van der Waals surface area contributed by atoms with E-state index in [-0.39, 0.29) is 27.9 Å². The number of halogens is 1. The van der Waals surface area contributed by atoms with Crippen molar-refractivity contribution in [3.05, 3.63) is 23.2 Å². The van der Waals surface area contributed by atoms with Crippen LogP contribution in [-0.2, 0) is 19.9 Å². The SMILES string of the molecule is CS(=O)(=O)c1ccc(Cl)c(S(=O)(=O)N2C[C@@H](O)[C@@H](O)C2)c1. The van der Waals surface area contributed by atoms with Gasteiger partial charge in [0.05, 0.1) is 22.1 Å². The summed E-state index contributed by atoms with van der Waals surface area (Å²) in [6, 6.07) is 3.38. The molecular formula is C11H14ClNO6S2. The van der Waals surface area contributed by atoms with Gasteiger partial charge >= 0.3 is 0 Å². The number of benzene rings is 1. The summed E-state index contributed by atoms with van der Waals surface area (Å²) in [6.07, 6.45) is -1.41. The smallest absolute Gasteiger partial charge is 0.244 e. The number of hydrogen-bond donors (Lipinski definition) is 2. The first-order valence-corrected chi connectivity index (χ1v) is 9.60. The summed E-state index contributed by atoms with van der Waals surface area (Å²) in [7, 11) is -7.69. The molecule has 0 aromatic heterocycles. The maximum absolute atomic E-state index is 12.5. The third-order valence-electron chi connectivity index (χ3n) is 3.17. The zero-order valence-electron chi connectivity index (χ0n) is 11.0. The van der Waals surface area contributed by atoms with Crippen molar-refractivity contribution in [3.8, 4) is 0 Å². The molecule has 0 saturated carbocycles. The Morgan fingerprint density at radius 1 is 1.14 bits per heavy atom. The third-order valence-corrected chi connectivity index (χ3v) is 6.60. The Hall–Kier alpha value is -0.710. The summed E-state index contributed by atoms with van der Waals surface area (Å²) in [5.41, 5.74) is 0. The van der Waals surface area contributed by atoms with Gasteiger partial charge in [-0.15, -0.1) is 0 Å². The van der Waals surface area contributed by atoms with Gasteiger partial charge in [0.15, 0.2) is 9.84 Å². The van der Waals surface area contributed by atoms with E-state index in [0.29, 0.717) is 0 Å². The third kappa shape index (κ3) is 3.22. The lowest BCUT2D eigenvalue weighted by Gasteiger charge is -2.17. The van der Waals surface area contributed by atoms with E-state index in [4.69, 9.17) is 11.6 Å². The maximum atomic E-state index is 12.5. The lowest BCUT2D eigenvalue weighted by atomic mass is 10.3. The molecular weight excluding hydrogens is 342 g/mol. The molecule has 0 unspecified atom stereocenters. The molecule has 1 heterocycles. The standard InChI is InChI=1S/C11H14ClNO6S2/c1-20(16,17)7-2-3-8(12)11(4-7)21(18,19)13-5-9(14)10(15)6-13/h2-4,9-10,14-15H,5-6H2,1H3/t9-,10+. The molecule has 1 aliphatic heterocycles. The van der Waals surface area contributed by atoms with Gasteiger partial charge in [0, 0.05) is 19.3 Å². The Kier molecular flexibility index (Phi) is 4.35. The summed E-state index contributed by atoms with van der Waals surface area (Å²) in [6.45, 7) is -0.550. The van der Waals surface area contributed by atoms with E-state index in [1.165, 1.54) is 12.1 Å². The molecule has 0 spiro atoms. The van der Waals surface area contributed by atoms with Gasteiger partial charge in [-0.3, -0.25) is 0 Å². The van der Waals surface area contributed by atoms with Crippen LogP contribution in [-0.4, -0.2) is 62.9 Å². The molecule has 0 aliphatic carbocycles. The average Bonchev–Trinajstić information content (AvgIpc) is 2.69. The average molecular weight is 356 g/mol. The second-order valence-electron chi connectivity index (χ2n) is 4.82. The summed E-state index contributed by atoms with van der Waals surface area (Å²) >= 11 is 5.86. The van der Waals surface area contributed by atoms with Crippen LogP contribution in [0.3, 0.4) is 0 Å². The molecule has 1 aromatic carbocycles. The molecule has 1 aliphatic rings. The van der Waals surface area contributed by atoms with Gasteiger partial charge in [-0.2, -0.15) is 4.31 Å². The van der Waals surface area contributed by atoms with Gasteiger partial charge < -0.3 is 10.2 Å². The zero-order valence-corrected chi connectivity index (χ0v) is 13.4. The number of aliphatic hydroxyl groups is 2. The number of hydrogen-bond acceptors (Lipinski definition) is 6. The van der Waals surface area contributed by atoms with Crippen LogP contribution in [0.1, 0.15) is 0 Å². The largest absolute Gasteiger partial charge is 0.389 e. The maximum Gasteiger partial charge on any atom is 0.244 e. The highest BCUT2D eigenvalue weighted by atomic mass is 35.5. The van der Waals surface area contributed by atoms with Crippen LogP contribution in [0.15, 0.2) is 28.0 Å². The summed E-state index contributed by atoms with van der Waals surface area (Å²) in [5.74, 6) is 0. The van der Waals surface area contributed by atoms with E-state index >= 15 is 0 Å². The highest BCUT2D eigenvalue weighted by Crippen LogP contribution is 2.29. The molecule has 2 rings (SSSR count). The first-order valence-electron chi connectivity index (χ1n) is 5.89. The monoisotopic (exact) mass is 355 g/mol. The normalized spacial score (nSPS) is 24.4. The Bertz CT molecular complexity index is 751. The predicted octanol–water partition coefficient (Wildman–Crippen LogP) is -0.530. The molecule has 1 saturated heterocycles. The van der Waals surface area contributed by atoms with Crippen LogP contribution >= 0.6 is 11.6 Å². The molecule has 0 amide bonds. The molecule has 1 aromatic rings. The number of nitrogens with zero attached hydrogens (tertiary/aromatic N) is 1. The van der Waals surface area contributed by atoms with Crippen molar-refractivity contribution >= 4 is 31.5 Å². The van der Waals surface area contributed by atoms with Crippen LogP contribution < -0.4 is 0 Å². The van der Waals surface area contributed by atoms with E-state index in [9.17, 15) is 27.0 Å². The minimum Gasteiger partial charge on any atom is -0.389 e. The predicted molar refractivity (Wildman–Crippen MR) is 75.3 cm³/mol.